The van der Waals surface area contributed by atoms with Crippen LogP contribution in [0.2, 0.25) is 0 Å². The van der Waals surface area contributed by atoms with Crippen LogP contribution in [0.4, 0.5) is 17.6 Å². The van der Waals surface area contributed by atoms with E-state index in [0.717, 1.165) is 56.3 Å². The van der Waals surface area contributed by atoms with Gasteiger partial charge in [0.1, 0.15) is 5.82 Å². The maximum Gasteiger partial charge on any atom is 0.490 e. The Bertz CT molecular complexity index is 1310. The Kier molecular flexibility index (Phi) is 8.48. The molecule has 2 aliphatic heterocycles. The lowest BCUT2D eigenvalue weighted by Gasteiger charge is -2.38. The summed E-state index contributed by atoms with van der Waals surface area (Å²) in [6.07, 6.45) is 0.223. The fourth-order valence-corrected chi connectivity index (χ4v) is 5.46. The quantitative estimate of drug-likeness (QED) is 0.409. The minimum absolute atomic E-state index is 0.0524. The van der Waals surface area contributed by atoms with Gasteiger partial charge in [0.25, 0.3) is 5.91 Å². The second-order valence-corrected chi connectivity index (χ2v) is 9.81. The molecule has 39 heavy (non-hydrogen) atoms. The lowest BCUT2D eigenvalue weighted by molar-refractivity contribution is -0.192. The van der Waals surface area contributed by atoms with Crippen molar-refractivity contribution in [1.82, 2.24) is 9.80 Å². The van der Waals surface area contributed by atoms with Crippen molar-refractivity contribution in [2.75, 3.05) is 26.7 Å². The van der Waals surface area contributed by atoms with Gasteiger partial charge in [-0.1, -0.05) is 24.3 Å². The van der Waals surface area contributed by atoms with E-state index in [2.05, 4.69) is 4.90 Å². The maximum absolute atomic E-state index is 13.3. The van der Waals surface area contributed by atoms with Crippen molar-refractivity contribution >= 4 is 22.8 Å². The first-order valence-corrected chi connectivity index (χ1v) is 12.7. The van der Waals surface area contributed by atoms with Gasteiger partial charge >= 0.3 is 12.1 Å². The van der Waals surface area contributed by atoms with E-state index < -0.39 is 12.1 Å². The second-order valence-electron chi connectivity index (χ2n) is 9.81. The number of carbonyl (C=O) groups is 2. The number of para-hydroxylation sites is 1. The molecule has 1 aromatic heterocycles. The van der Waals surface area contributed by atoms with E-state index in [1.54, 1.807) is 7.11 Å². The number of nitrogens with zero attached hydrogens (tertiary/aromatic N) is 2. The van der Waals surface area contributed by atoms with Crippen LogP contribution in [-0.2, 0) is 11.3 Å². The van der Waals surface area contributed by atoms with E-state index in [0.29, 0.717) is 23.6 Å². The number of carboxylic acid groups (broad SMARTS) is 1. The highest BCUT2D eigenvalue weighted by atomic mass is 19.4. The lowest BCUT2D eigenvalue weighted by atomic mass is 9.87. The molecule has 11 heteroatoms. The first kappa shape index (κ1) is 28.4. The topological polar surface area (TPSA) is 83.2 Å². The van der Waals surface area contributed by atoms with Crippen LogP contribution in [0.15, 0.2) is 52.9 Å². The molecule has 0 radical (unpaired) electrons. The smallest absolute Gasteiger partial charge is 0.490 e. The van der Waals surface area contributed by atoms with Gasteiger partial charge in [-0.15, -0.1) is 0 Å². The molecule has 1 N–H and O–H groups in total. The summed E-state index contributed by atoms with van der Waals surface area (Å²) in [6.45, 7) is 3.33. The number of furan rings is 1. The molecule has 7 nitrogen and oxygen atoms in total. The molecule has 0 saturated carbocycles. The van der Waals surface area contributed by atoms with Crippen LogP contribution in [0, 0.1) is 5.82 Å². The van der Waals surface area contributed by atoms with Crippen LogP contribution in [0.3, 0.4) is 0 Å². The number of rotatable bonds is 4. The van der Waals surface area contributed by atoms with Crippen LogP contribution < -0.4 is 4.74 Å². The third-order valence-electron chi connectivity index (χ3n) is 7.41. The molecule has 1 unspecified atom stereocenters. The summed E-state index contributed by atoms with van der Waals surface area (Å²) >= 11 is 0. The molecule has 2 saturated heterocycles. The number of alkyl halides is 3. The van der Waals surface area contributed by atoms with Gasteiger partial charge in [0.2, 0.25) is 0 Å². The highest BCUT2D eigenvalue weighted by Gasteiger charge is 2.42. The molecule has 2 aliphatic rings. The van der Waals surface area contributed by atoms with Crippen molar-refractivity contribution < 1.29 is 41.4 Å². The molecule has 3 aromatic rings. The Balaban J connectivity index is 0.000000448. The zero-order chi connectivity index (χ0) is 28.2. The predicted molar refractivity (Wildman–Crippen MR) is 135 cm³/mol. The first-order chi connectivity index (χ1) is 18.5. The zero-order valence-corrected chi connectivity index (χ0v) is 21.5. The van der Waals surface area contributed by atoms with Crippen molar-refractivity contribution in [1.29, 1.82) is 0 Å². The summed E-state index contributed by atoms with van der Waals surface area (Å²) in [5.74, 6) is -2.00. The number of hydrogen-bond acceptors (Lipinski definition) is 5. The number of ether oxygens (including phenoxy) is 1. The fraction of sp³-hybridized carbons (Fsp3) is 0.429. The minimum atomic E-state index is -5.08. The number of carboxylic acids is 1. The predicted octanol–water partition coefficient (Wildman–Crippen LogP) is 5.87. The minimum Gasteiger partial charge on any atom is -0.493 e. The molecule has 5 rings (SSSR count). The third-order valence-corrected chi connectivity index (χ3v) is 7.41. The molecule has 2 aromatic carbocycles. The molecule has 1 amide bonds. The van der Waals surface area contributed by atoms with Crippen molar-refractivity contribution in [2.45, 2.75) is 50.4 Å². The van der Waals surface area contributed by atoms with Crippen LogP contribution in [0.25, 0.3) is 11.0 Å². The number of benzene rings is 2. The Morgan fingerprint density at radius 2 is 1.69 bits per heavy atom. The number of likely N-dealkylation sites (tertiary alicyclic amines) is 2. The SMILES string of the molecule is COc1cccc2cc(C(=O)N3CCCC4(CCCN4Cc4ccc(F)cc4)CC3)oc12.O=C(O)C(F)(F)F. The number of halogens is 4. The average molecular weight is 551 g/mol. The van der Waals surface area contributed by atoms with Gasteiger partial charge < -0.3 is 19.2 Å². The molecule has 210 valence electrons. The maximum atomic E-state index is 13.3. The molecule has 3 heterocycles. The Morgan fingerprint density at radius 3 is 2.33 bits per heavy atom. The second kappa shape index (κ2) is 11.6. The van der Waals surface area contributed by atoms with Crippen LogP contribution in [0.5, 0.6) is 5.75 Å². The number of amides is 1. The van der Waals surface area contributed by atoms with E-state index in [-0.39, 0.29) is 17.3 Å². The first-order valence-electron chi connectivity index (χ1n) is 12.7. The van der Waals surface area contributed by atoms with Gasteiger partial charge in [-0.2, -0.15) is 13.2 Å². The monoisotopic (exact) mass is 550 g/mol. The Morgan fingerprint density at radius 1 is 1.03 bits per heavy atom. The highest BCUT2D eigenvalue weighted by molar-refractivity contribution is 5.97. The molecule has 1 spiro atoms. The van der Waals surface area contributed by atoms with E-state index in [9.17, 15) is 22.4 Å². The van der Waals surface area contributed by atoms with Crippen molar-refractivity contribution in [3.05, 3.63) is 65.7 Å². The van der Waals surface area contributed by atoms with Crippen molar-refractivity contribution in [2.24, 2.45) is 0 Å². The van der Waals surface area contributed by atoms with Gasteiger partial charge in [0.15, 0.2) is 17.1 Å². The van der Waals surface area contributed by atoms with Gasteiger partial charge in [-0.25, -0.2) is 9.18 Å². The summed E-state index contributed by atoms with van der Waals surface area (Å²) in [6, 6.07) is 14.3. The Hall–Kier alpha value is -3.60. The third kappa shape index (κ3) is 6.52. The molecule has 1 atom stereocenters. The highest BCUT2D eigenvalue weighted by Crippen LogP contribution is 2.40. The normalized spacial score (nSPS) is 20.0. The lowest BCUT2D eigenvalue weighted by Crippen LogP contribution is -2.44. The van der Waals surface area contributed by atoms with E-state index in [4.69, 9.17) is 19.1 Å². The summed E-state index contributed by atoms with van der Waals surface area (Å²) < 4.78 is 56.3. The molecule has 0 bridgehead atoms. The van der Waals surface area contributed by atoms with E-state index >= 15 is 0 Å². The number of carbonyl (C=O) groups excluding carboxylic acids is 1. The standard InChI is InChI=1S/C26H29FN2O3.C2HF3O2/c1-31-22-6-2-5-20-17-23(32-24(20)22)25(30)28-14-3-11-26(13-16-28)12-4-15-29(26)18-19-7-9-21(27)10-8-19;3-2(4,5)1(6)7/h2,5-10,17H,3-4,11-16,18H2,1H3;(H,6,7). The van der Waals surface area contributed by atoms with E-state index in [1.165, 1.54) is 18.6 Å². The van der Waals surface area contributed by atoms with Crippen molar-refractivity contribution in [3.63, 3.8) is 0 Å². The van der Waals surface area contributed by atoms with Crippen LogP contribution >= 0.6 is 0 Å². The molecular formula is C28H30F4N2O5. The largest absolute Gasteiger partial charge is 0.493 e. The summed E-state index contributed by atoms with van der Waals surface area (Å²) in [5.41, 5.74) is 1.87. The average Bonchev–Trinajstić information content (AvgIpc) is 3.44. The summed E-state index contributed by atoms with van der Waals surface area (Å²) in [4.78, 5) is 26.7. The van der Waals surface area contributed by atoms with E-state index in [1.807, 2.05) is 41.3 Å². The van der Waals surface area contributed by atoms with Gasteiger partial charge in [0, 0.05) is 30.6 Å². The molecular weight excluding hydrogens is 520 g/mol. The molecule has 2 fully saturated rings. The van der Waals surface area contributed by atoms with Crippen LogP contribution in [-0.4, -0.2) is 65.2 Å². The summed E-state index contributed by atoms with van der Waals surface area (Å²) in [5, 5.41) is 8.00. The number of aliphatic carboxylic acids is 1. The number of methoxy groups -OCH3 is 1. The zero-order valence-electron chi connectivity index (χ0n) is 21.5. The van der Waals surface area contributed by atoms with Crippen LogP contribution in [0.1, 0.15) is 48.2 Å². The van der Waals surface area contributed by atoms with Gasteiger partial charge in [-0.05, 0) is 68.5 Å². The number of hydrogen-bond donors (Lipinski definition) is 1. The summed E-state index contributed by atoms with van der Waals surface area (Å²) in [7, 11) is 1.60. The van der Waals surface area contributed by atoms with Gasteiger partial charge in [0.05, 0.1) is 7.11 Å². The molecule has 0 aliphatic carbocycles. The Labute approximate surface area is 222 Å². The fourth-order valence-electron chi connectivity index (χ4n) is 5.46. The number of fused-ring (bicyclic) bond motifs is 1. The van der Waals surface area contributed by atoms with Gasteiger partial charge in [-0.3, -0.25) is 9.69 Å². The van der Waals surface area contributed by atoms with Crippen molar-refractivity contribution in [3.8, 4) is 5.75 Å².